The van der Waals surface area contributed by atoms with Gasteiger partial charge in [0, 0.05) is 19.6 Å². The van der Waals surface area contributed by atoms with E-state index in [4.69, 9.17) is 10.2 Å². The summed E-state index contributed by atoms with van der Waals surface area (Å²) in [5, 5.41) is 17.1. The molecule has 11 heavy (non-hydrogen) atoms. The lowest BCUT2D eigenvalue weighted by Crippen LogP contribution is -2.29. The van der Waals surface area contributed by atoms with Crippen molar-refractivity contribution in [1.82, 2.24) is 11.1 Å². The monoisotopic (exact) mass is 162 g/mol. The van der Waals surface area contributed by atoms with Gasteiger partial charge >= 0.3 is 0 Å². The first-order valence-corrected chi connectivity index (χ1v) is 3.40. The highest BCUT2D eigenvalue weighted by Gasteiger charge is 1.98. The first kappa shape index (κ1) is 13.2. The molecule has 0 amide bonds. The minimum atomic E-state index is 0. The molecule has 0 aromatic carbocycles. The second kappa shape index (κ2) is 9.58. The average molecular weight is 162 g/mol. The van der Waals surface area contributed by atoms with Gasteiger partial charge in [0.2, 0.25) is 0 Å². The van der Waals surface area contributed by atoms with Gasteiger partial charge in [-0.25, -0.2) is 0 Å². The summed E-state index contributed by atoms with van der Waals surface area (Å²) in [5.41, 5.74) is 0. The molecule has 0 spiro atoms. The molecule has 0 aromatic heterocycles. The van der Waals surface area contributed by atoms with Crippen LogP contribution in [-0.2, 0) is 0 Å². The summed E-state index contributed by atoms with van der Waals surface area (Å²) in [4.78, 5) is 1.92. The summed E-state index contributed by atoms with van der Waals surface area (Å²) < 4.78 is 0. The highest BCUT2D eigenvalue weighted by Crippen LogP contribution is 1.85. The van der Waals surface area contributed by atoms with Crippen LogP contribution in [0.3, 0.4) is 0 Å². The highest BCUT2D eigenvalue weighted by atomic mass is 16.3. The third-order valence-electron chi connectivity index (χ3n) is 1.22. The van der Waals surface area contributed by atoms with E-state index in [0.29, 0.717) is 13.1 Å². The number of rotatable bonds is 6. The minimum absolute atomic E-state index is 0. The molecule has 0 radical (unpaired) electrons. The van der Waals surface area contributed by atoms with E-state index in [9.17, 15) is 0 Å². The summed E-state index contributed by atoms with van der Waals surface area (Å²) in [6, 6.07) is 0. The quantitative estimate of drug-likeness (QED) is 0.465. The predicted molar refractivity (Wildman–Crippen MR) is 45.8 cm³/mol. The fourth-order valence-corrected chi connectivity index (χ4v) is 0.760. The molecule has 0 fully saturated rings. The second-order valence-electron chi connectivity index (χ2n) is 2.04. The van der Waals surface area contributed by atoms with Gasteiger partial charge in [0.05, 0.1) is 13.2 Å². The van der Waals surface area contributed by atoms with Crippen molar-refractivity contribution in [2.24, 2.45) is 0 Å². The molecule has 4 heteroatoms. The van der Waals surface area contributed by atoms with E-state index in [1.807, 2.05) is 4.90 Å². The smallest absolute Gasteiger partial charge is 0.0558 e. The Morgan fingerprint density at radius 1 is 1.18 bits per heavy atom. The molecule has 0 aromatic rings. The Bertz CT molecular complexity index is 82.5. The molecule has 68 valence electrons. The van der Waals surface area contributed by atoms with E-state index in [1.54, 1.807) is 6.08 Å². The number of aliphatic hydroxyl groups excluding tert-OH is 2. The second-order valence-corrected chi connectivity index (χ2v) is 2.04. The molecule has 5 N–H and O–H groups in total. The fraction of sp³-hybridized carbons (Fsp3) is 0.714. The van der Waals surface area contributed by atoms with Crippen LogP contribution in [0.15, 0.2) is 12.7 Å². The van der Waals surface area contributed by atoms with Gasteiger partial charge in [-0.2, -0.15) is 0 Å². The van der Waals surface area contributed by atoms with Gasteiger partial charge in [0.1, 0.15) is 0 Å². The lowest BCUT2D eigenvalue weighted by atomic mass is 10.4. The highest BCUT2D eigenvalue weighted by molar-refractivity contribution is 4.72. The third-order valence-corrected chi connectivity index (χ3v) is 1.22. The summed E-state index contributed by atoms with van der Waals surface area (Å²) in [7, 11) is 0. The zero-order valence-electron chi connectivity index (χ0n) is 6.87. The number of hydrogen-bond donors (Lipinski definition) is 3. The van der Waals surface area contributed by atoms with Crippen LogP contribution in [0.4, 0.5) is 0 Å². The number of hydrogen-bond acceptors (Lipinski definition) is 4. The molecule has 0 saturated carbocycles. The molecule has 4 nitrogen and oxygen atoms in total. The van der Waals surface area contributed by atoms with Crippen molar-refractivity contribution >= 4 is 0 Å². The Morgan fingerprint density at radius 3 is 1.91 bits per heavy atom. The molecule has 0 rings (SSSR count). The van der Waals surface area contributed by atoms with Crippen molar-refractivity contribution in [3.05, 3.63) is 12.7 Å². The predicted octanol–water partition coefficient (Wildman–Crippen LogP) is -0.379. The van der Waals surface area contributed by atoms with Crippen LogP contribution >= 0.6 is 0 Å². The summed E-state index contributed by atoms with van der Waals surface area (Å²) in [5.74, 6) is 0. The maximum Gasteiger partial charge on any atom is 0.0558 e. The van der Waals surface area contributed by atoms with Crippen molar-refractivity contribution < 1.29 is 10.2 Å². The Labute approximate surface area is 67.7 Å². The SMILES string of the molecule is C=CCN(CCO)CCO.N. The first-order chi connectivity index (χ1) is 4.85. The first-order valence-electron chi connectivity index (χ1n) is 3.40. The molecular formula is C7H18N2O2. The molecule has 0 aliphatic carbocycles. The fourth-order valence-electron chi connectivity index (χ4n) is 0.760. The van der Waals surface area contributed by atoms with E-state index in [2.05, 4.69) is 6.58 Å². The zero-order valence-corrected chi connectivity index (χ0v) is 6.87. The van der Waals surface area contributed by atoms with Crippen molar-refractivity contribution in [1.29, 1.82) is 0 Å². The molecule has 0 bridgehead atoms. The van der Waals surface area contributed by atoms with Crippen LogP contribution in [0.1, 0.15) is 0 Å². The van der Waals surface area contributed by atoms with Crippen LogP contribution < -0.4 is 6.15 Å². The van der Waals surface area contributed by atoms with Gasteiger partial charge in [-0.05, 0) is 0 Å². The van der Waals surface area contributed by atoms with Gasteiger partial charge in [-0.3, -0.25) is 4.90 Å². The van der Waals surface area contributed by atoms with Crippen molar-refractivity contribution in [2.75, 3.05) is 32.8 Å². The van der Waals surface area contributed by atoms with E-state index in [-0.39, 0.29) is 19.4 Å². The Kier molecular flexibility index (Phi) is 11.5. The van der Waals surface area contributed by atoms with Crippen LogP contribution in [0.25, 0.3) is 0 Å². The lowest BCUT2D eigenvalue weighted by Gasteiger charge is -2.17. The van der Waals surface area contributed by atoms with Gasteiger partial charge in [0.25, 0.3) is 0 Å². The van der Waals surface area contributed by atoms with Crippen molar-refractivity contribution in [2.45, 2.75) is 0 Å². The van der Waals surface area contributed by atoms with Gasteiger partial charge < -0.3 is 16.4 Å². The molecule has 0 aliphatic rings. The molecule has 0 atom stereocenters. The molecule has 0 saturated heterocycles. The lowest BCUT2D eigenvalue weighted by molar-refractivity contribution is 0.172. The maximum absolute atomic E-state index is 8.53. The van der Waals surface area contributed by atoms with E-state index in [1.165, 1.54) is 0 Å². The molecule has 0 unspecified atom stereocenters. The van der Waals surface area contributed by atoms with Crippen LogP contribution in [-0.4, -0.2) is 48.0 Å². The standard InChI is InChI=1S/C7H15NO2.H3N/c1-2-3-8(4-6-9)5-7-10;/h2,9-10H,1,3-7H2;1H3. The summed E-state index contributed by atoms with van der Waals surface area (Å²) >= 11 is 0. The van der Waals surface area contributed by atoms with Crippen LogP contribution in [0.2, 0.25) is 0 Å². The van der Waals surface area contributed by atoms with E-state index in [0.717, 1.165) is 6.54 Å². The Morgan fingerprint density at radius 2 is 1.64 bits per heavy atom. The maximum atomic E-state index is 8.53. The van der Waals surface area contributed by atoms with Crippen molar-refractivity contribution in [3.8, 4) is 0 Å². The number of nitrogens with zero attached hydrogens (tertiary/aromatic N) is 1. The summed E-state index contributed by atoms with van der Waals surface area (Å²) in [6.07, 6.45) is 1.76. The molecule has 0 heterocycles. The van der Waals surface area contributed by atoms with Gasteiger partial charge in [-0.15, -0.1) is 6.58 Å². The largest absolute Gasteiger partial charge is 0.395 e. The van der Waals surface area contributed by atoms with E-state index < -0.39 is 0 Å². The topological polar surface area (TPSA) is 78.7 Å². The molecular weight excluding hydrogens is 144 g/mol. The van der Waals surface area contributed by atoms with E-state index >= 15 is 0 Å². The Balaban J connectivity index is 0. The summed E-state index contributed by atoms with van der Waals surface area (Å²) in [6.45, 7) is 5.76. The van der Waals surface area contributed by atoms with Gasteiger partial charge in [0.15, 0.2) is 0 Å². The normalized spacial score (nSPS) is 9.36. The average Bonchev–Trinajstić information content (AvgIpc) is 1.90. The van der Waals surface area contributed by atoms with Crippen LogP contribution in [0.5, 0.6) is 0 Å². The number of aliphatic hydroxyl groups is 2. The third kappa shape index (κ3) is 7.48. The zero-order chi connectivity index (χ0) is 7.82. The Hall–Kier alpha value is -0.420. The van der Waals surface area contributed by atoms with Crippen LogP contribution in [0, 0.1) is 0 Å². The van der Waals surface area contributed by atoms with Gasteiger partial charge in [-0.1, -0.05) is 6.08 Å². The molecule has 0 aliphatic heterocycles. The minimum Gasteiger partial charge on any atom is -0.395 e. The van der Waals surface area contributed by atoms with Crippen molar-refractivity contribution in [3.63, 3.8) is 0 Å².